The number of halogens is 2. The molecule has 1 aromatic rings. The fourth-order valence-electron chi connectivity index (χ4n) is 2.44. The Morgan fingerprint density at radius 3 is 2.70 bits per heavy atom. The lowest BCUT2D eigenvalue weighted by atomic mass is 9.93. The predicted octanol–water partition coefficient (Wildman–Crippen LogP) is 2.96. The van der Waals surface area contributed by atoms with Gasteiger partial charge in [0, 0.05) is 28.1 Å². The molecule has 1 saturated heterocycles. The minimum Gasteiger partial charge on any atom is -0.328 e. The molecule has 2 unspecified atom stereocenters. The quantitative estimate of drug-likeness (QED) is 0.809. The van der Waals surface area contributed by atoms with Crippen LogP contribution in [0.1, 0.15) is 19.8 Å². The van der Waals surface area contributed by atoms with Gasteiger partial charge in [0.25, 0.3) is 0 Å². The molecule has 2 atom stereocenters. The Kier molecular flexibility index (Phi) is 5.29. The molecule has 2 N–H and O–H groups in total. The second-order valence-corrected chi connectivity index (χ2v) is 8.88. The molecule has 0 amide bonds. The fourth-order valence-corrected chi connectivity index (χ4v) is 5.69. The van der Waals surface area contributed by atoms with Crippen LogP contribution in [-0.2, 0) is 10.0 Å². The molecule has 1 aliphatic rings. The van der Waals surface area contributed by atoms with Gasteiger partial charge in [-0.3, -0.25) is 0 Å². The van der Waals surface area contributed by atoms with Crippen molar-refractivity contribution in [2.45, 2.75) is 30.7 Å². The zero-order valence-electron chi connectivity index (χ0n) is 11.2. The highest BCUT2D eigenvalue weighted by atomic mass is 79.9. The summed E-state index contributed by atoms with van der Waals surface area (Å²) in [7, 11) is -3.47. The van der Waals surface area contributed by atoms with Crippen molar-refractivity contribution < 1.29 is 8.42 Å². The van der Waals surface area contributed by atoms with Crippen LogP contribution in [0.3, 0.4) is 0 Å². The molecule has 0 aromatic heterocycles. The minimum absolute atomic E-state index is 0.0151. The van der Waals surface area contributed by atoms with Crippen molar-refractivity contribution in [2.75, 3.05) is 13.1 Å². The summed E-state index contributed by atoms with van der Waals surface area (Å²) in [4.78, 5) is 0.311. The van der Waals surface area contributed by atoms with E-state index in [0.29, 0.717) is 22.5 Å². The molecule has 1 aromatic carbocycles. The third-order valence-corrected chi connectivity index (χ3v) is 7.01. The highest BCUT2D eigenvalue weighted by Gasteiger charge is 2.32. The number of benzene rings is 1. The lowest BCUT2D eigenvalue weighted by Crippen LogP contribution is -2.45. The van der Waals surface area contributed by atoms with Gasteiger partial charge >= 0.3 is 0 Å². The van der Waals surface area contributed by atoms with E-state index in [0.717, 1.165) is 17.3 Å². The van der Waals surface area contributed by atoms with Crippen LogP contribution in [0, 0.1) is 5.92 Å². The molecule has 0 spiro atoms. The molecule has 7 heteroatoms. The summed E-state index contributed by atoms with van der Waals surface area (Å²) >= 11 is 6.67. The van der Waals surface area contributed by atoms with E-state index >= 15 is 0 Å². The molecule has 20 heavy (non-hydrogen) atoms. The maximum atomic E-state index is 12.7. The summed E-state index contributed by atoms with van der Waals surface area (Å²) in [5.41, 5.74) is 5.92. The van der Waals surface area contributed by atoms with Crippen LogP contribution in [0.5, 0.6) is 0 Å². The molecular weight excluding hydrogens is 408 g/mol. The molecule has 1 heterocycles. The molecule has 0 bridgehead atoms. The zero-order valence-corrected chi connectivity index (χ0v) is 15.2. The number of hydrogen-bond donors (Lipinski definition) is 1. The van der Waals surface area contributed by atoms with Gasteiger partial charge in [-0.15, -0.1) is 0 Å². The van der Waals surface area contributed by atoms with Gasteiger partial charge in [0.2, 0.25) is 10.0 Å². The minimum atomic E-state index is -3.47. The third-order valence-electron chi connectivity index (χ3n) is 3.68. The Morgan fingerprint density at radius 1 is 1.40 bits per heavy atom. The van der Waals surface area contributed by atoms with Crippen LogP contribution >= 0.6 is 31.9 Å². The van der Waals surface area contributed by atoms with Gasteiger partial charge in [0.15, 0.2) is 0 Å². The average Bonchev–Trinajstić information content (AvgIpc) is 2.38. The van der Waals surface area contributed by atoms with E-state index in [1.165, 1.54) is 0 Å². The Morgan fingerprint density at radius 2 is 2.10 bits per heavy atom. The predicted molar refractivity (Wildman–Crippen MR) is 87.0 cm³/mol. The van der Waals surface area contributed by atoms with Crippen molar-refractivity contribution in [1.82, 2.24) is 4.31 Å². The van der Waals surface area contributed by atoms with Crippen molar-refractivity contribution in [1.29, 1.82) is 0 Å². The van der Waals surface area contributed by atoms with Gasteiger partial charge in [-0.2, -0.15) is 4.31 Å². The van der Waals surface area contributed by atoms with Crippen molar-refractivity contribution in [2.24, 2.45) is 11.7 Å². The third kappa shape index (κ3) is 3.44. The van der Waals surface area contributed by atoms with Crippen LogP contribution in [0.4, 0.5) is 0 Å². The van der Waals surface area contributed by atoms with Crippen molar-refractivity contribution in [3.63, 3.8) is 0 Å². The Hall–Kier alpha value is 0.0500. The number of sulfonamides is 1. The Bertz CT molecular complexity index is 590. The largest absolute Gasteiger partial charge is 0.328 e. The molecule has 4 nitrogen and oxygen atoms in total. The van der Waals surface area contributed by atoms with Gasteiger partial charge in [-0.1, -0.05) is 15.9 Å². The fraction of sp³-hybridized carbons (Fsp3) is 0.538. The number of rotatable bonds is 3. The number of nitrogens with two attached hydrogens (primary N) is 1. The lowest BCUT2D eigenvalue weighted by molar-refractivity contribution is 0.243. The van der Waals surface area contributed by atoms with E-state index in [9.17, 15) is 8.42 Å². The van der Waals surface area contributed by atoms with Gasteiger partial charge in [0.05, 0.1) is 4.90 Å². The second-order valence-electron chi connectivity index (χ2n) is 5.20. The van der Waals surface area contributed by atoms with E-state index in [-0.39, 0.29) is 12.0 Å². The van der Waals surface area contributed by atoms with Gasteiger partial charge in [-0.05, 0) is 59.8 Å². The summed E-state index contributed by atoms with van der Waals surface area (Å²) in [5, 5.41) is 0. The smallest absolute Gasteiger partial charge is 0.244 e. The monoisotopic (exact) mass is 424 g/mol. The molecule has 112 valence electrons. The number of nitrogens with zero attached hydrogens (tertiary/aromatic N) is 1. The van der Waals surface area contributed by atoms with E-state index in [4.69, 9.17) is 5.73 Å². The van der Waals surface area contributed by atoms with Gasteiger partial charge in [-0.25, -0.2) is 8.42 Å². The second kappa shape index (κ2) is 6.44. The lowest BCUT2D eigenvalue weighted by Gasteiger charge is -2.34. The highest BCUT2D eigenvalue weighted by Crippen LogP contribution is 2.30. The molecule has 1 fully saturated rings. The van der Waals surface area contributed by atoms with Crippen LogP contribution in [0.15, 0.2) is 32.0 Å². The van der Waals surface area contributed by atoms with Crippen molar-refractivity contribution >= 4 is 41.9 Å². The van der Waals surface area contributed by atoms with Gasteiger partial charge < -0.3 is 5.73 Å². The zero-order chi connectivity index (χ0) is 14.9. The first-order valence-electron chi connectivity index (χ1n) is 6.53. The first-order chi connectivity index (χ1) is 9.32. The summed E-state index contributed by atoms with van der Waals surface area (Å²) in [6.45, 7) is 3.01. The molecule has 1 aliphatic heterocycles. The first-order valence-corrected chi connectivity index (χ1v) is 9.56. The van der Waals surface area contributed by atoms with Gasteiger partial charge in [0.1, 0.15) is 0 Å². The Labute approximate surface area is 137 Å². The number of hydrogen-bond acceptors (Lipinski definition) is 3. The topological polar surface area (TPSA) is 63.4 Å². The van der Waals surface area contributed by atoms with Crippen LogP contribution in [-0.4, -0.2) is 31.9 Å². The molecule has 0 aliphatic carbocycles. The molecule has 2 rings (SSSR count). The summed E-state index contributed by atoms with van der Waals surface area (Å²) < 4.78 is 28.4. The van der Waals surface area contributed by atoms with E-state index in [2.05, 4.69) is 31.9 Å². The standard InChI is InChI=1S/C13H18Br2N2O2S/c1-9(16)10-3-2-6-17(8-10)20(18,19)13-5-4-11(14)7-12(13)15/h4-5,7,9-10H,2-3,6,8,16H2,1H3. The maximum Gasteiger partial charge on any atom is 0.244 e. The van der Waals surface area contributed by atoms with E-state index in [1.54, 1.807) is 22.5 Å². The molecule has 0 saturated carbocycles. The van der Waals surface area contributed by atoms with Crippen molar-refractivity contribution in [3.05, 3.63) is 27.1 Å². The van der Waals surface area contributed by atoms with Crippen LogP contribution < -0.4 is 5.73 Å². The van der Waals surface area contributed by atoms with Crippen molar-refractivity contribution in [3.8, 4) is 0 Å². The Balaban J connectivity index is 2.30. The van der Waals surface area contributed by atoms with E-state index < -0.39 is 10.0 Å². The van der Waals surface area contributed by atoms with E-state index in [1.807, 2.05) is 6.92 Å². The summed E-state index contributed by atoms with van der Waals surface area (Å²) in [6.07, 6.45) is 1.85. The normalized spacial score (nSPS) is 22.7. The summed E-state index contributed by atoms with van der Waals surface area (Å²) in [5.74, 6) is 0.229. The first kappa shape index (κ1) is 16.4. The summed E-state index contributed by atoms with van der Waals surface area (Å²) in [6, 6.07) is 5.13. The SMILES string of the molecule is CC(N)C1CCCN(S(=O)(=O)c2ccc(Br)cc2Br)C1. The molecular formula is C13H18Br2N2O2S. The van der Waals surface area contributed by atoms with Crippen LogP contribution in [0.25, 0.3) is 0 Å². The highest BCUT2D eigenvalue weighted by molar-refractivity contribution is 9.11. The number of piperidine rings is 1. The molecule has 0 radical (unpaired) electrons. The maximum absolute atomic E-state index is 12.7. The van der Waals surface area contributed by atoms with Crippen LogP contribution in [0.2, 0.25) is 0 Å². The average molecular weight is 426 g/mol.